The van der Waals surface area contributed by atoms with Crippen LogP contribution in [0.4, 0.5) is 0 Å². The fraction of sp³-hybridized carbons (Fsp3) is 0.412. The molecule has 0 spiro atoms. The van der Waals surface area contributed by atoms with Crippen LogP contribution in [-0.4, -0.2) is 45.0 Å². The summed E-state index contributed by atoms with van der Waals surface area (Å²) in [6.07, 6.45) is -0.493. The van der Waals surface area contributed by atoms with Crippen LogP contribution in [0.15, 0.2) is 27.8 Å². The number of ether oxygens (including phenoxy) is 1. The fourth-order valence-electron chi connectivity index (χ4n) is 2.84. The lowest BCUT2D eigenvalue weighted by molar-refractivity contribution is -0.0249. The van der Waals surface area contributed by atoms with Gasteiger partial charge in [0.1, 0.15) is 17.5 Å². The van der Waals surface area contributed by atoms with Crippen LogP contribution in [0.25, 0.3) is 0 Å². The van der Waals surface area contributed by atoms with Crippen molar-refractivity contribution in [3.05, 3.63) is 61.7 Å². The van der Waals surface area contributed by atoms with Crippen molar-refractivity contribution in [3.8, 4) is 0 Å². The van der Waals surface area contributed by atoms with Crippen molar-refractivity contribution in [1.29, 1.82) is 0 Å². The predicted molar refractivity (Wildman–Crippen MR) is 90.6 cm³/mol. The molecule has 0 saturated carbocycles. The first-order valence-corrected chi connectivity index (χ1v) is 8.02. The molecule has 1 atom stereocenters. The molecule has 25 heavy (non-hydrogen) atoms. The maximum atomic E-state index is 12.8. The van der Waals surface area contributed by atoms with Crippen LogP contribution >= 0.6 is 0 Å². The highest BCUT2D eigenvalue weighted by molar-refractivity contribution is 5.94. The Morgan fingerprint density at radius 1 is 1.32 bits per heavy atom. The molecule has 3 heterocycles. The van der Waals surface area contributed by atoms with E-state index in [1.807, 2.05) is 0 Å². The van der Waals surface area contributed by atoms with Crippen molar-refractivity contribution in [2.45, 2.75) is 20.0 Å². The topological polar surface area (TPSA) is 97.3 Å². The number of morpholine rings is 1. The zero-order valence-electron chi connectivity index (χ0n) is 14.4. The summed E-state index contributed by atoms with van der Waals surface area (Å²) in [5, 5.41) is 0. The van der Waals surface area contributed by atoms with E-state index in [0.29, 0.717) is 24.7 Å². The molecule has 1 amide bonds. The summed E-state index contributed by atoms with van der Waals surface area (Å²) in [7, 11) is 1.64. The molecule has 0 unspecified atom stereocenters. The average molecular weight is 344 g/mol. The first-order valence-electron chi connectivity index (χ1n) is 8.02. The summed E-state index contributed by atoms with van der Waals surface area (Å²) < 4.78 is 7.12. The minimum Gasteiger partial charge on any atom is -0.368 e. The van der Waals surface area contributed by atoms with Gasteiger partial charge in [-0.25, -0.2) is 4.98 Å². The van der Waals surface area contributed by atoms with Gasteiger partial charge in [0.15, 0.2) is 0 Å². The molecule has 0 aliphatic carbocycles. The number of hydrogen-bond donors (Lipinski definition) is 1. The standard InChI is InChI=1S/C17H20N4O4/c1-10-4-5-12(16(23)20(10)3)17(24)21-6-7-25-14(9-21)13-8-15(22)19-11(2)18-13/h4-5,8,14H,6-7,9H2,1-3H3,(H,18,19,22)/t14-/m0/s1. The van der Waals surface area contributed by atoms with E-state index >= 15 is 0 Å². The quantitative estimate of drug-likeness (QED) is 0.845. The van der Waals surface area contributed by atoms with E-state index in [1.165, 1.54) is 10.6 Å². The normalized spacial score (nSPS) is 17.6. The summed E-state index contributed by atoms with van der Waals surface area (Å²) in [5.74, 6) is 0.150. The number of nitrogens with zero attached hydrogens (tertiary/aromatic N) is 3. The highest BCUT2D eigenvalue weighted by atomic mass is 16.5. The van der Waals surface area contributed by atoms with Crippen LogP contribution in [-0.2, 0) is 11.8 Å². The second-order valence-electron chi connectivity index (χ2n) is 6.12. The maximum Gasteiger partial charge on any atom is 0.263 e. The third-order valence-electron chi connectivity index (χ3n) is 4.35. The van der Waals surface area contributed by atoms with Gasteiger partial charge in [0.05, 0.1) is 18.8 Å². The molecule has 3 rings (SSSR count). The van der Waals surface area contributed by atoms with Crippen LogP contribution in [0.5, 0.6) is 0 Å². The molecular weight excluding hydrogens is 324 g/mol. The van der Waals surface area contributed by atoms with Crippen LogP contribution in [0.2, 0.25) is 0 Å². The van der Waals surface area contributed by atoms with Crippen molar-refractivity contribution in [3.63, 3.8) is 0 Å². The summed E-state index contributed by atoms with van der Waals surface area (Å²) in [6, 6.07) is 4.67. The lowest BCUT2D eigenvalue weighted by atomic mass is 10.1. The smallest absolute Gasteiger partial charge is 0.263 e. The number of amides is 1. The summed E-state index contributed by atoms with van der Waals surface area (Å²) in [6.45, 7) is 4.43. The van der Waals surface area contributed by atoms with E-state index in [4.69, 9.17) is 4.74 Å². The van der Waals surface area contributed by atoms with Crippen LogP contribution in [0.3, 0.4) is 0 Å². The zero-order chi connectivity index (χ0) is 18.1. The lowest BCUT2D eigenvalue weighted by Crippen LogP contribution is -2.44. The lowest BCUT2D eigenvalue weighted by Gasteiger charge is -2.32. The van der Waals surface area contributed by atoms with Gasteiger partial charge in [0, 0.05) is 25.4 Å². The van der Waals surface area contributed by atoms with E-state index in [9.17, 15) is 14.4 Å². The van der Waals surface area contributed by atoms with Gasteiger partial charge >= 0.3 is 0 Å². The van der Waals surface area contributed by atoms with Gasteiger partial charge in [-0.3, -0.25) is 14.4 Å². The third kappa shape index (κ3) is 3.39. The molecule has 1 saturated heterocycles. The van der Waals surface area contributed by atoms with Crippen molar-refractivity contribution in [1.82, 2.24) is 19.4 Å². The van der Waals surface area contributed by atoms with Gasteiger partial charge in [-0.1, -0.05) is 0 Å². The highest BCUT2D eigenvalue weighted by Crippen LogP contribution is 2.20. The minimum absolute atomic E-state index is 0.129. The number of pyridine rings is 1. The molecule has 132 valence electrons. The summed E-state index contributed by atoms with van der Waals surface area (Å²) in [4.78, 5) is 45.2. The van der Waals surface area contributed by atoms with E-state index in [0.717, 1.165) is 5.69 Å². The molecule has 2 aromatic rings. The molecule has 8 nitrogen and oxygen atoms in total. The van der Waals surface area contributed by atoms with Gasteiger partial charge in [0.2, 0.25) is 0 Å². The molecule has 1 fully saturated rings. The third-order valence-corrected chi connectivity index (χ3v) is 4.35. The average Bonchev–Trinajstić information content (AvgIpc) is 2.58. The van der Waals surface area contributed by atoms with Crippen molar-refractivity contribution in [2.24, 2.45) is 7.05 Å². The van der Waals surface area contributed by atoms with Crippen LogP contribution in [0, 0.1) is 13.8 Å². The molecule has 1 N–H and O–H groups in total. The van der Waals surface area contributed by atoms with E-state index in [1.54, 1.807) is 37.9 Å². The van der Waals surface area contributed by atoms with Gasteiger partial charge in [-0.05, 0) is 26.0 Å². The van der Waals surface area contributed by atoms with E-state index in [2.05, 4.69) is 9.97 Å². The molecule has 0 aromatic carbocycles. The largest absolute Gasteiger partial charge is 0.368 e. The number of rotatable bonds is 2. The Labute approximate surface area is 144 Å². The van der Waals surface area contributed by atoms with Gasteiger partial charge in [-0.15, -0.1) is 0 Å². The van der Waals surface area contributed by atoms with Crippen molar-refractivity contribution >= 4 is 5.91 Å². The number of aryl methyl sites for hydroxylation is 2. The fourth-order valence-corrected chi connectivity index (χ4v) is 2.84. The molecule has 8 heteroatoms. The SMILES string of the molecule is Cc1nc([C@@H]2CN(C(=O)c3ccc(C)n(C)c3=O)CCO2)cc(=O)[nH]1. The number of aromatic amines is 1. The zero-order valence-corrected chi connectivity index (χ0v) is 14.4. The number of nitrogens with one attached hydrogen (secondary N) is 1. The Morgan fingerprint density at radius 3 is 2.80 bits per heavy atom. The highest BCUT2D eigenvalue weighted by Gasteiger charge is 2.28. The number of carbonyl (C=O) groups is 1. The first kappa shape index (κ1) is 17.1. The number of H-pyrrole nitrogens is 1. The molecular formula is C17H20N4O4. The Morgan fingerprint density at radius 2 is 2.08 bits per heavy atom. The predicted octanol–water partition coefficient (Wildman–Crippen LogP) is 0.299. The Balaban J connectivity index is 1.86. The molecule has 2 aromatic heterocycles. The number of hydrogen-bond acceptors (Lipinski definition) is 5. The van der Waals surface area contributed by atoms with Crippen LogP contribution < -0.4 is 11.1 Å². The molecule has 0 bridgehead atoms. The minimum atomic E-state index is -0.493. The molecule has 0 radical (unpaired) electrons. The second kappa shape index (κ2) is 6.64. The maximum absolute atomic E-state index is 12.8. The van der Waals surface area contributed by atoms with Gasteiger partial charge in [-0.2, -0.15) is 0 Å². The van der Waals surface area contributed by atoms with Gasteiger partial charge in [0.25, 0.3) is 17.0 Å². The second-order valence-corrected chi connectivity index (χ2v) is 6.12. The van der Waals surface area contributed by atoms with E-state index in [-0.39, 0.29) is 29.1 Å². The van der Waals surface area contributed by atoms with Crippen LogP contribution in [0.1, 0.15) is 33.7 Å². The van der Waals surface area contributed by atoms with Gasteiger partial charge < -0.3 is 19.2 Å². The monoisotopic (exact) mass is 344 g/mol. The molecule has 1 aliphatic rings. The Hall–Kier alpha value is -2.74. The summed E-state index contributed by atoms with van der Waals surface area (Å²) in [5.41, 5.74) is 0.809. The number of aromatic nitrogens is 3. The van der Waals surface area contributed by atoms with Crippen molar-refractivity contribution in [2.75, 3.05) is 19.7 Å². The molecule has 1 aliphatic heterocycles. The summed E-state index contributed by atoms with van der Waals surface area (Å²) >= 11 is 0. The van der Waals surface area contributed by atoms with E-state index < -0.39 is 6.10 Å². The first-order chi connectivity index (χ1) is 11.9. The number of carbonyl (C=O) groups excluding carboxylic acids is 1. The Kier molecular flexibility index (Phi) is 4.54. The Bertz CT molecular complexity index is 931. The van der Waals surface area contributed by atoms with Crippen molar-refractivity contribution < 1.29 is 9.53 Å².